The molecule has 0 saturated carbocycles. The summed E-state index contributed by atoms with van der Waals surface area (Å²) in [6, 6.07) is 4.79. The van der Waals surface area contributed by atoms with Gasteiger partial charge in [-0.15, -0.1) is 0 Å². The maximum atomic E-state index is 12.0. The molecule has 0 atom stereocenters. The van der Waals surface area contributed by atoms with Gasteiger partial charge in [-0.3, -0.25) is 4.79 Å². The van der Waals surface area contributed by atoms with Gasteiger partial charge in [0.25, 0.3) is 5.91 Å². The molecular weight excluding hydrogens is 355 g/mol. The number of hydrogen-bond acceptors (Lipinski definition) is 4. The van der Waals surface area contributed by atoms with Crippen molar-refractivity contribution in [1.82, 2.24) is 9.97 Å². The fraction of sp³-hybridized carbons (Fsp3) is 0. The van der Waals surface area contributed by atoms with Crippen molar-refractivity contribution in [1.29, 1.82) is 0 Å². The zero-order chi connectivity index (χ0) is 14.0. The van der Waals surface area contributed by atoms with Gasteiger partial charge in [-0.2, -0.15) is 0 Å². The molecule has 8 heteroatoms. The predicted octanol–water partition coefficient (Wildman–Crippen LogP) is 3.38. The summed E-state index contributed by atoms with van der Waals surface area (Å²) < 4.78 is 0.627. The molecule has 0 aliphatic rings. The predicted molar refractivity (Wildman–Crippen MR) is 78.6 cm³/mol. The number of aromatic nitrogens is 2. The number of anilines is 2. The summed E-state index contributed by atoms with van der Waals surface area (Å²) in [7, 11) is 0. The summed E-state index contributed by atoms with van der Waals surface area (Å²) in [5.74, 6) is -0.390. The second kappa shape index (κ2) is 5.73. The van der Waals surface area contributed by atoms with E-state index in [2.05, 4.69) is 31.2 Å². The van der Waals surface area contributed by atoms with Gasteiger partial charge in [-0.25, -0.2) is 9.97 Å². The van der Waals surface area contributed by atoms with Crippen molar-refractivity contribution in [3.8, 4) is 0 Å². The van der Waals surface area contributed by atoms with E-state index < -0.39 is 0 Å². The lowest BCUT2D eigenvalue weighted by Gasteiger charge is -2.08. The molecule has 0 radical (unpaired) electrons. The third kappa shape index (κ3) is 3.15. The summed E-state index contributed by atoms with van der Waals surface area (Å²) in [6.07, 6.45) is 1.21. The summed E-state index contributed by atoms with van der Waals surface area (Å²) in [5, 5.41) is 2.70. The van der Waals surface area contributed by atoms with Crippen LogP contribution in [0.1, 0.15) is 10.4 Å². The van der Waals surface area contributed by atoms with Gasteiger partial charge < -0.3 is 11.1 Å². The van der Waals surface area contributed by atoms with Crippen LogP contribution in [-0.4, -0.2) is 15.9 Å². The fourth-order valence-electron chi connectivity index (χ4n) is 1.30. The van der Waals surface area contributed by atoms with Crippen LogP contribution in [0.15, 0.2) is 29.0 Å². The SMILES string of the molecule is Nc1ccc(C(=O)Nc2c(Cl)ncnc2Cl)cc1Br. The highest BCUT2D eigenvalue weighted by Crippen LogP contribution is 2.27. The molecule has 2 rings (SSSR count). The van der Waals surface area contributed by atoms with Crippen LogP contribution in [0, 0.1) is 0 Å². The standard InChI is InChI=1S/C11H7BrCl2N4O/c12-6-3-5(1-2-7(6)15)11(19)18-8-9(13)16-4-17-10(8)14/h1-4H,15H2,(H,18,19). The summed E-state index contributed by atoms with van der Waals surface area (Å²) >= 11 is 14.9. The number of nitrogens with one attached hydrogen (secondary N) is 1. The number of nitrogen functional groups attached to an aromatic ring is 1. The Morgan fingerprint density at radius 3 is 2.47 bits per heavy atom. The van der Waals surface area contributed by atoms with E-state index in [0.717, 1.165) is 0 Å². The summed E-state index contributed by atoms with van der Waals surface area (Å²) in [4.78, 5) is 19.5. The highest BCUT2D eigenvalue weighted by atomic mass is 79.9. The molecule has 5 nitrogen and oxygen atoms in total. The Labute approximate surface area is 127 Å². The summed E-state index contributed by atoms with van der Waals surface area (Å²) in [5.41, 5.74) is 6.76. The Morgan fingerprint density at radius 2 is 1.89 bits per heavy atom. The van der Waals surface area contributed by atoms with E-state index >= 15 is 0 Å². The summed E-state index contributed by atoms with van der Waals surface area (Å²) in [6.45, 7) is 0. The van der Waals surface area contributed by atoms with Crippen molar-refractivity contribution in [2.45, 2.75) is 0 Å². The molecule has 0 spiro atoms. The van der Waals surface area contributed by atoms with Gasteiger partial charge in [-0.05, 0) is 34.1 Å². The quantitative estimate of drug-likeness (QED) is 0.634. The van der Waals surface area contributed by atoms with Crippen molar-refractivity contribution in [3.05, 3.63) is 44.9 Å². The van der Waals surface area contributed by atoms with Crippen molar-refractivity contribution >= 4 is 56.4 Å². The molecule has 1 amide bonds. The van der Waals surface area contributed by atoms with Crippen LogP contribution >= 0.6 is 39.1 Å². The number of halogens is 3. The minimum atomic E-state index is -0.390. The van der Waals surface area contributed by atoms with E-state index in [1.165, 1.54) is 6.33 Å². The van der Waals surface area contributed by atoms with Gasteiger partial charge in [0.05, 0.1) is 0 Å². The first-order valence-electron chi connectivity index (χ1n) is 5.01. The highest BCUT2D eigenvalue weighted by molar-refractivity contribution is 9.10. The fourth-order valence-corrected chi connectivity index (χ4v) is 2.09. The molecule has 0 bridgehead atoms. The topological polar surface area (TPSA) is 80.9 Å². The molecule has 1 aromatic carbocycles. The lowest BCUT2D eigenvalue weighted by atomic mass is 10.2. The van der Waals surface area contributed by atoms with Crippen LogP contribution < -0.4 is 11.1 Å². The van der Waals surface area contributed by atoms with Crippen molar-refractivity contribution < 1.29 is 4.79 Å². The molecular formula is C11H7BrCl2N4O. The Bertz CT molecular complexity index is 630. The number of benzene rings is 1. The zero-order valence-corrected chi connectivity index (χ0v) is 12.4. The van der Waals surface area contributed by atoms with Crippen molar-refractivity contribution in [3.63, 3.8) is 0 Å². The Morgan fingerprint density at radius 1 is 1.26 bits per heavy atom. The monoisotopic (exact) mass is 360 g/mol. The third-order valence-electron chi connectivity index (χ3n) is 2.26. The molecule has 2 aromatic rings. The van der Waals surface area contributed by atoms with Crippen LogP contribution in [0.3, 0.4) is 0 Å². The van der Waals surface area contributed by atoms with E-state index in [1.807, 2.05) is 0 Å². The third-order valence-corrected chi connectivity index (χ3v) is 3.52. The maximum Gasteiger partial charge on any atom is 0.255 e. The highest BCUT2D eigenvalue weighted by Gasteiger charge is 2.13. The second-order valence-electron chi connectivity index (χ2n) is 3.52. The molecule has 1 aromatic heterocycles. The molecule has 0 saturated heterocycles. The first kappa shape index (κ1) is 14.0. The number of nitrogens with two attached hydrogens (primary N) is 1. The lowest BCUT2D eigenvalue weighted by molar-refractivity contribution is 0.102. The van der Waals surface area contributed by atoms with Crippen LogP contribution in [-0.2, 0) is 0 Å². The van der Waals surface area contributed by atoms with Gasteiger partial charge >= 0.3 is 0 Å². The number of rotatable bonds is 2. The lowest BCUT2D eigenvalue weighted by Crippen LogP contribution is -2.13. The number of carbonyl (C=O) groups is 1. The smallest absolute Gasteiger partial charge is 0.255 e. The van der Waals surface area contributed by atoms with E-state index in [0.29, 0.717) is 15.7 Å². The minimum absolute atomic E-state index is 0.0721. The number of carbonyl (C=O) groups excluding carboxylic acids is 1. The van der Waals surface area contributed by atoms with E-state index in [4.69, 9.17) is 28.9 Å². The average molecular weight is 362 g/mol. The minimum Gasteiger partial charge on any atom is -0.398 e. The van der Waals surface area contributed by atoms with Gasteiger partial charge in [0.15, 0.2) is 10.3 Å². The number of amides is 1. The number of nitrogens with zero attached hydrogens (tertiary/aromatic N) is 2. The molecule has 0 unspecified atom stereocenters. The maximum absolute atomic E-state index is 12.0. The van der Waals surface area contributed by atoms with Crippen LogP contribution in [0.5, 0.6) is 0 Å². The van der Waals surface area contributed by atoms with Crippen LogP contribution in [0.25, 0.3) is 0 Å². The van der Waals surface area contributed by atoms with E-state index in [9.17, 15) is 4.79 Å². The zero-order valence-electron chi connectivity index (χ0n) is 9.32. The van der Waals surface area contributed by atoms with E-state index in [1.54, 1.807) is 18.2 Å². The van der Waals surface area contributed by atoms with E-state index in [-0.39, 0.29) is 21.9 Å². The van der Waals surface area contributed by atoms with Crippen molar-refractivity contribution in [2.24, 2.45) is 0 Å². The normalized spacial score (nSPS) is 10.3. The molecule has 0 fully saturated rings. The molecule has 3 N–H and O–H groups in total. The molecule has 0 aliphatic heterocycles. The molecule has 1 heterocycles. The number of hydrogen-bond donors (Lipinski definition) is 2. The molecule has 19 heavy (non-hydrogen) atoms. The van der Waals surface area contributed by atoms with Gasteiger partial charge in [0.1, 0.15) is 12.0 Å². The largest absolute Gasteiger partial charge is 0.398 e. The first-order chi connectivity index (χ1) is 8.99. The second-order valence-corrected chi connectivity index (χ2v) is 5.09. The van der Waals surface area contributed by atoms with Gasteiger partial charge in [-0.1, -0.05) is 23.2 Å². The Balaban J connectivity index is 2.28. The van der Waals surface area contributed by atoms with Crippen LogP contribution in [0.2, 0.25) is 10.3 Å². The average Bonchev–Trinajstić information content (AvgIpc) is 2.37. The molecule has 0 aliphatic carbocycles. The Hall–Kier alpha value is -1.37. The Kier molecular flexibility index (Phi) is 4.24. The first-order valence-corrected chi connectivity index (χ1v) is 6.56. The van der Waals surface area contributed by atoms with Gasteiger partial charge in [0, 0.05) is 15.7 Å². The van der Waals surface area contributed by atoms with Gasteiger partial charge in [0.2, 0.25) is 0 Å². The van der Waals surface area contributed by atoms with Crippen molar-refractivity contribution in [2.75, 3.05) is 11.1 Å². The molecule has 98 valence electrons. The van der Waals surface area contributed by atoms with Crippen LogP contribution in [0.4, 0.5) is 11.4 Å².